The van der Waals surface area contributed by atoms with Crippen molar-refractivity contribution in [1.29, 1.82) is 0 Å². The highest BCUT2D eigenvalue weighted by Crippen LogP contribution is 2.41. The Morgan fingerprint density at radius 1 is 0.938 bits per heavy atom. The van der Waals surface area contributed by atoms with E-state index in [1.54, 1.807) is 0 Å². The van der Waals surface area contributed by atoms with Gasteiger partial charge in [0.2, 0.25) is 17.3 Å². The minimum absolute atomic E-state index is 0.145. The Bertz CT molecular complexity index is 1530. The second kappa shape index (κ2) is 15.7. The third kappa shape index (κ3) is 9.58. The molecule has 1 fully saturated rings. The number of aliphatic hydroxyl groups is 1. The molecule has 0 spiro atoms. The number of carbonyl (C=O) groups excluding carboxylic acids is 4. The lowest BCUT2D eigenvalue weighted by Crippen LogP contribution is -2.68. The van der Waals surface area contributed by atoms with Crippen LogP contribution in [0.1, 0.15) is 38.8 Å². The Labute approximate surface area is 281 Å². The zero-order valence-corrected chi connectivity index (χ0v) is 29.0. The molecule has 260 valence electrons. The number of hydrogen-bond donors (Lipinski definition) is 1. The fraction of sp³-hybridized carbons (Fsp3) is 0.467. The molecule has 1 N–H and O–H groups in total. The third-order valence-electron chi connectivity index (χ3n) is 8.02. The normalized spacial score (nSPS) is 17.5. The highest BCUT2D eigenvalue weighted by molar-refractivity contribution is 8.14. The van der Waals surface area contributed by atoms with E-state index in [4.69, 9.17) is 18.6 Å². The van der Waals surface area contributed by atoms with Gasteiger partial charge in [-0.25, -0.2) is 9.59 Å². The molecule has 1 aliphatic rings. The van der Waals surface area contributed by atoms with Crippen LogP contribution in [0.25, 0.3) is 0 Å². The fourth-order valence-corrected chi connectivity index (χ4v) is 6.37. The van der Waals surface area contributed by atoms with Crippen LogP contribution in [0.2, 0.25) is 18.1 Å². The first-order chi connectivity index (χ1) is 22.3. The lowest BCUT2D eigenvalue weighted by atomic mass is 9.92. The standard InChI is InChI=1S/C30H37N3O13SSi/c1-18(46-29(38)44-16-20-9-13-22(14-10-20)33(41)42)24-25(35)31(27(24)47-23(34)17-45-48(5,6)30(2,3)4)26(36)28(37)43-15-19-7-11-21(12-8-19)32(39)40/h7-14,18,24,26-27,36H,15-17H2,1-6H3/t18-,24+,26?,27-/m1/s1. The maximum Gasteiger partial charge on any atom is 0.508 e. The van der Waals surface area contributed by atoms with Gasteiger partial charge in [-0.1, -0.05) is 32.5 Å². The predicted molar refractivity (Wildman–Crippen MR) is 173 cm³/mol. The lowest BCUT2D eigenvalue weighted by molar-refractivity contribution is -0.385. The molecule has 0 saturated carbocycles. The number of rotatable bonds is 14. The average molecular weight is 708 g/mol. The van der Waals surface area contributed by atoms with Crippen molar-refractivity contribution in [3.63, 3.8) is 0 Å². The second-order valence-corrected chi connectivity index (χ2v) is 18.4. The molecule has 0 aromatic heterocycles. The highest BCUT2D eigenvalue weighted by atomic mass is 32.2. The molecular weight excluding hydrogens is 670 g/mol. The fourth-order valence-electron chi connectivity index (χ4n) is 4.13. The van der Waals surface area contributed by atoms with Gasteiger partial charge in [-0.05, 0) is 60.4 Å². The molecule has 2 aromatic rings. The molecule has 4 atom stereocenters. The van der Waals surface area contributed by atoms with Crippen LogP contribution in [0.3, 0.4) is 0 Å². The van der Waals surface area contributed by atoms with E-state index in [0.29, 0.717) is 22.9 Å². The van der Waals surface area contributed by atoms with Crippen LogP contribution in [0, 0.1) is 26.1 Å². The quantitative estimate of drug-likeness (QED) is 0.0928. The summed E-state index contributed by atoms with van der Waals surface area (Å²) in [4.78, 5) is 72.9. The summed E-state index contributed by atoms with van der Waals surface area (Å²) in [5, 5.41) is 30.7. The van der Waals surface area contributed by atoms with Crippen molar-refractivity contribution in [2.45, 2.75) is 76.7 Å². The van der Waals surface area contributed by atoms with Crippen molar-refractivity contribution >= 4 is 54.6 Å². The number of aliphatic hydroxyl groups excluding tert-OH is 1. The van der Waals surface area contributed by atoms with Crippen LogP contribution in [-0.4, -0.2) is 75.6 Å². The van der Waals surface area contributed by atoms with Gasteiger partial charge in [-0.3, -0.25) is 34.7 Å². The van der Waals surface area contributed by atoms with E-state index < -0.39 is 64.9 Å². The maximum absolute atomic E-state index is 13.3. The Morgan fingerprint density at radius 3 is 1.88 bits per heavy atom. The van der Waals surface area contributed by atoms with Crippen molar-refractivity contribution in [2.75, 3.05) is 6.61 Å². The van der Waals surface area contributed by atoms with Gasteiger partial charge in [0.05, 0.1) is 9.85 Å². The van der Waals surface area contributed by atoms with Crippen molar-refractivity contribution in [3.05, 3.63) is 79.9 Å². The summed E-state index contributed by atoms with van der Waals surface area (Å²) >= 11 is 0.636. The van der Waals surface area contributed by atoms with Gasteiger partial charge in [0.15, 0.2) is 8.32 Å². The van der Waals surface area contributed by atoms with Crippen LogP contribution in [0.4, 0.5) is 16.2 Å². The zero-order valence-electron chi connectivity index (χ0n) is 27.1. The maximum atomic E-state index is 13.3. The molecule has 1 saturated heterocycles. The molecule has 1 unspecified atom stereocenters. The molecule has 0 radical (unpaired) electrons. The van der Waals surface area contributed by atoms with E-state index in [9.17, 15) is 44.5 Å². The van der Waals surface area contributed by atoms with Crippen molar-refractivity contribution < 1.29 is 52.8 Å². The number of hydrogen-bond acceptors (Lipinski definition) is 14. The van der Waals surface area contributed by atoms with Crippen LogP contribution >= 0.6 is 11.8 Å². The van der Waals surface area contributed by atoms with Crippen LogP contribution in [-0.2, 0) is 46.2 Å². The smallest absolute Gasteiger partial charge is 0.457 e. The average Bonchev–Trinajstić information content (AvgIpc) is 3.01. The number of β-lactam (4-membered cyclic amide) rings is 1. The van der Waals surface area contributed by atoms with E-state index in [1.807, 2.05) is 33.9 Å². The van der Waals surface area contributed by atoms with Crippen molar-refractivity contribution in [1.82, 2.24) is 4.90 Å². The number of amides is 1. The van der Waals surface area contributed by atoms with Crippen molar-refractivity contribution in [3.8, 4) is 0 Å². The van der Waals surface area contributed by atoms with Gasteiger partial charge in [-0.15, -0.1) is 0 Å². The Kier molecular flexibility index (Phi) is 12.4. The molecule has 3 rings (SSSR count). The van der Waals surface area contributed by atoms with Gasteiger partial charge in [-0.2, -0.15) is 0 Å². The molecule has 1 amide bonds. The summed E-state index contributed by atoms with van der Waals surface area (Å²) < 4.78 is 21.5. The topological polar surface area (TPSA) is 215 Å². The van der Waals surface area contributed by atoms with Crippen LogP contribution in [0.5, 0.6) is 0 Å². The Hall–Kier alpha value is -4.39. The van der Waals surface area contributed by atoms with Gasteiger partial charge in [0.1, 0.15) is 37.2 Å². The number of non-ortho nitro benzene ring substituents is 2. The van der Waals surface area contributed by atoms with Gasteiger partial charge in [0, 0.05) is 24.3 Å². The zero-order chi connectivity index (χ0) is 36.0. The lowest BCUT2D eigenvalue weighted by Gasteiger charge is -2.49. The summed E-state index contributed by atoms with van der Waals surface area (Å²) in [6, 6.07) is 10.4. The van der Waals surface area contributed by atoms with Crippen LogP contribution < -0.4 is 0 Å². The molecule has 1 aliphatic heterocycles. The summed E-state index contributed by atoms with van der Waals surface area (Å²) in [6.07, 6.45) is -4.46. The number of esters is 1. The summed E-state index contributed by atoms with van der Waals surface area (Å²) in [7, 11) is -2.34. The first-order valence-corrected chi connectivity index (χ1v) is 18.4. The molecule has 2 aromatic carbocycles. The van der Waals surface area contributed by atoms with Gasteiger partial charge in [0.25, 0.3) is 11.4 Å². The van der Waals surface area contributed by atoms with Gasteiger partial charge < -0.3 is 23.7 Å². The first-order valence-electron chi connectivity index (χ1n) is 14.6. The van der Waals surface area contributed by atoms with E-state index in [2.05, 4.69) is 0 Å². The summed E-state index contributed by atoms with van der Waals surface area (Å²) in [5.41, 5.74) is 0.503. The molecule has 18 heteroatoms. The predicted octanol–water partition coefficient (Wildman–Crippen LogP) is 4.67. The second-order valence-electron chi connectivity index (χ2n) is 12.4. The van der Waals surface area contributed by atoms with Crippen molar-refractivity contribution in [2.24, 2.45) is 5.92 Å². The number of nitrogens with zero attached hydrogens (tertiary/aromatic N) is 3. The minimum Gasteiger partial charge on any atom is -0.457 e. The Balaban J connectivity index is 1.69. The van der Waals surface area contributed by atoms with Crippen LogP contribution in [0.15, 0.2) is 48.5 Å². The summed E-state index contributed by atoms with van der Waals surface area (Å²) in [5.74, 6) is -3.19. The molecule has 16 nitrogen and oxygen atoms in total. The molecule has 1 heterocycles. The van der Waals surface area contributed by atoms with E-state index in [0.717, 1.165) is 4.90 Å². The number of thioether (sulfide) groups is 1. The number of carbonyl (C=O) groups is 4. The number of likely N-dealkylation sites (tertiary alicyclic amines) is 1. The molecule has 48 heavy (non-hydrogen) atoms. The van der Waals surface area contributed by atoms with Gasteiger partial charge >= 0.3 is 12.1 Å². The molecule has 0 aliphatic carbocycles. The van der Waals surface area contributed by atoms with E-state index >= 15 is 0 Å². The largest absolute Gasteiger partial charge is 0.508 e. The SMILES string of the molecule is C[C@@H](OC(=O)OCc1ccc([N+](=O)[O-])cc1)[C@H]1C(=O)N(C(O)C(=O)OCc2ccc([N+](=O)[O-])cc2)[C@@H]1SC(=O)CO[Si](C)(C)C(C)(C)C. The Morgan fingerprint density at radius 2 is 1.42 bits per heavy atom. The highest BCUT2D eigenvalue weighted by Gasteiger charge is 2.57. The number of benzene rings is 2. The number of nitro benzene ring substituents is 2. The third-order valence-corrected chi connectivity index (χ3v) is 13.6. The van der Waals surface area contributed by atoms with E-state index in [-0.39, 0.29) is 36.2 Å². The first kappa shape index (κ1) is 38.1. The van der Waals surface area contributed by atoms with E-state index in [1.165, 1.54) is 55.5 Å². The molecular formula is C30H37N3O13SSi. The number of ether oxygens (including phenoxy) is 3. The monoisotopic (exact) mass is 707 g/mol. The summed E-state index contributed by atoms with van der Waals surface area (Å²) in [6.45, 7) is 10.3. The number of nitro groups is 2. The molecule has 0 bridgehead atoms. The minimum atomic E-state index is -2.34.